The molecule has 44 valence electrons. The number of hydrogen-bond acceptors (Lipinski definition) is 0. The second kappa shape index (κ2) is 3.44. The van der Waals surface area contributed by atoms with Crippen LogP contribution in [0.5, 0.6) is 0 Å². The first-order valence-corrected chi connectivity index (χ1v) is 2.39. The van der Waals surface area contributed by atoms with E-state index in [0.717, 1.165) is 0 Å². The summed E-state index contributed by atoms with van der Waals surface area (Å²) in [4.78, 5) is 0. The minimum absolute atomic E-state index is 0.000000000000000222. The fourth-order valence-corrected chi connectivity index (χ4v) is 0.283. The Labute approximate surface area is 53.0 Å². The van der Waals surface area contributed by atoms with Gasteiger partial charge < -0.3 is 0 Å². The quantitative estimate of drug-likeness (QED) is 0.507. The van der Waals surface area contributed by atoms with E-state index in [-0.39, 0.29) is 5.03 Å². The van der Waals surface area contributed by atoms with Crippen molar-refractivity contribution in [1.82, 2.24) is 0 Å². The highest BCUT2D eigenvalue weighted by molar-refractivity contribution is 6.31. The number of allylic oxidation sites excluding steroid dienone is 4. The summed E-state index contributed by atoms with van der Waals surface area (Å²) >= 11 is 5.23. The summed E-state index contributed by atoms with van der Waals surface area (Å²) in [6, 6.07) is 0. The van der Waals surface area contributed by atoms with Gasteiger partial charge in [0, 0.05) is 0 Å². The Kier molecular flexibility index (Phi) is 3.20. The molecule has 8 heavy (non-hydrogen) atoms. The van der Waals surface area contributed by atoms with Gasteiger partial charge in [0.25, 0.3) is 0 Å². The van der Waals surface area contributed by atoms with E-state index in [1.165, 1.54) is 12.2 Å². The van der Waals surface area contributed by atoms with Gasteiger partial charge in [-0.2, -0.15) is 0 Å². The lowest BCUT2D eigenvalue weighted by Gasteiger charge is -1.85. The molecule has 0 nitrogen and oxygen atoms in total. The Morgan fingerprint density at radius 2 is 2.12 bits per heavy atom. The molecular weight excluding hydrogens is 127 g/mol. The number of hydrogen-bond donors (Lipinski definition) is 0. The van der Waals surface area contributed by atoms with Gasteiger partial charge >= 0.3 is 0 Å². The van der Waals surface area contributed by atoms with Crippen LogP contribution in [-0.2, 0) is 0 Å². The summed E-state index contributed by atoms with van der Waals surface area (Å²) in [6.45, 7) is 6.27. The molecule has 0 amide bonds. The Morgan fingerprint density at radius 3 is 2.25 bits per heavy atom. The van der Waals surface area contributed by atoms with Crippen molar-refractivity contribution in [2.45, 2.75) is 0 Å². The molecule has 0 aliphatic rings. The van der Waals surface area contributed by atoms with Crippen LogP contribution in [0.25, 0.3) is 0 Å². The fraction of sp³-hybridized carbons (Fsp3) is 0. The Bertz CT molecular complexity index is 135. The van der Waals surface area contributed by atoms with E-state index >= 15 is 0 Å². The maximum Gasteiger partial charge on any atom is 0.134 e. The molecule has 0 aliphatic heterocycles. The number of halogens is 2. The summed E-state index contributed by atoms with van der Waals surface area (Å²) in [7, 11) is 0. The summed E-state index contributed by atoms with van der Waals surface area (Å²) in [5.74, 6) is -0.633. The summed E-state index contributed by atoms with van der Waals surface area (Å²) in [5.41, 5.74) is 0. The number of rotatable bonds is 2. The van der Waals surface area contributed by atoms with Crippen LogP contribution in [0.4, 0.5) is 4.39 Å². The van der Waals surface area contributed by atoms with Crippen LogP contribution >= 0.6 is 11.6 Å². The molecule has 0 fully saturated rings. The van der Waals surface area contributed by atoms with Crippen molar-refractivity contribution in [3.63, 3.8) is 0 Å². The van der Waals surface area contributed by atoms with Crippen LogP contribution in [-0.4, -0.2) is 0 Å². The van der Waals surface area contributed by atoms with Gasteiger partial charge in [-0.1, -0.05) is 30.8 Å². The van der Waals surface area contributed by atoms with E-state index in [1.807, 2.05) is 0 Å². The second-order valence-electron chi connectivity index (χ2n) is 1.16. The zero-order valence-electron chi connectivity index (χ0n) is 4.32. The predicted molar refractivity (Wildman–Crippen MR) is 34.4 cm³/mol. The monoisotopic (exact) mass is 132 g/mol. The zero-order chi connectivity index (χ0) is 6.57. The molecule has 0 atom stereocenters. The normalized spacial score (nSPS) is 11.0. The van der Waals surface area contributed by atoms with E-state index in [2.05, 4.69) is 13.2 Å². The third-order valence-electron chi connectivity index (χ3n) is 0.523. The predicted octanol–water partition coefficient (Wildman–Crippen LogP) is 2.78. The van der Waals surface area contributed by atoms with Crippen molar-refractivity contribution in [2.24, 2.45) is 0 Å². The average Bonchev–Trinajstić information content (AvgIpc) is 1.67. The largest absolute Gasteiger partial charge is 0.206 e. The van der Waals surface area contributed by atoms with Gasteiger partial charge in [0.05, 0.1) is 5.03 Å². The molecule has 0 unspecified atom stereocenters. The van der Waals surface area contributed by atoms with Crippen molar-refractivity contribution in [3.05, 3.63) is 36.2 Å². The van der Waals surface area contributed by atoms with Crippen LogP contribution in [0.1, 0.15) is 0 Å². The summed E-state index contributed by atoms with van der Waals surface area (Å²) in [6.07, 6.45) is 2.73. The van der Waals surface area contributed by atoms with Crippen molar-refractivity contribution >= 4 is 11.6 Å². The minimum atomic E-state index is -0.633. The smallest absolute Gasteiger partial charge is 0.134 e. The van der Waals surface area contributed by atoms with E-state index < -0.39 is 5.83 Å². The topological polar surface area (TPSA) is 0 Å². The SMILES string of the molecule is C=CC=C(Cl)C(=C)F. The molecule has 0 aromatic rings. The first-order chi connectivity index (χ1) is 3.68. The summed E-state index contributed by atoms with van der Waals surface area (Å²) in [5, 5.41) is 0.000000000000000222. The van der Waals surface area contributed by atoms with Gasteiger partial charge in [0.15, 0.2) is 0 Å². The van der Waals surface area contributed by atoms with Gasteiger partial charge in [-0.25, -0.2) is 4.39 Å². The van der Waals surface area contributed by atoms with Crippen LogP contribution in [0, 0.1) is 0 Å². The lowest BCUT2D eigenvalue weighted by molar-refractivity contribution is 0.667. The summed E-state index contributed by atoms with van der Waals surface area (Å²) < 4.78 is 11.8. The van der Waals surface area contributed by atoms with Crippen LogP contribution in [0.15, 0.2) is 36.2 Å². The van der Waals surface area contributed by atoms with E-state index in [4.69, 9.17) is 11.6 Å². The molecule has 0 saturated heterocycles. The molecule has 0 bridgehead atoms. The highest BCUT2D eigenvalue weighted by Crippen LogP contribution is 2.12. The zero-order valence-corrected chi connectivity index (χ0v) is 5.08. The van der Waals surface area contributed by atoms with Gasteiger partial charge in [-0.05, 0) is 6.08 Å². The Morgan fingerprint density at radius 1 is 1.62 bits per heavy atom. The molecule has 0 aliphatic carbocycles. The fourth-order valence-electron chi connectivity index (χ4n) is 0.194. The molecule has 0 heterocycles. The maximum absolute atomic E-state index is 11.8. The first-order valence-electron chi connectivity index (χ1n) is 2.01. The first kappa shape index (κ1) is 7.44. The van der Waals surface area contributed by atoms with Gasteiger partial charge in [0.2, 0.25) is 0 Å². The molecule has 0 aromatic heterocycles. The molecule has 0 saturated carbocycles. The van der Waals surface area contributed by atoms with Crippen LogP contribution < -0.4 is 0 Å². The minimum Gasteiger partial charge on any atom is -0.206 e. The molecule has 0 rings (SSSR count). The van der Waals surface area contributed by atoms with Crippen LogP contribution in [0.2, 0.25) is 0 Å². The van der Waals surface area contributed by atoms with Crippen molar-refractivity contribution < 1.29 is 4.39 Å². The molecule has 0 radical (unpaired) electrons. The average molecular weight is 133 g/mol. The molecule has 0 aromatic carbocycles. The van der Waals surface area contributed by atoms with E-state index in [0.29, 0.717) is 0 Å². The lowest BCUT2D eigenvalue weighted by Crippen LogP contribution is -1.65. The van der Waals surface area contributed by atoms with Crippen molar-refractivity contribution in [3.8, 4) is 0 Å². The standard InChI is InChI=1S/C6H6ClF/c1-3-4-6(7)5(2)8/h3-4H,1-2H2. The lowest BCUT2D eigenvalue weighted by atomic mass is 10.4. The van der Waals surface area contributed by atoms with Gasteiger partial charge in [-0.15, -0.1) is 0 Å². The van der Waals surface area contributed by atoms with Crippen LogP contribution in [0.3, 0.4) is 0 Å². The van der Waals surface area contributed by atoms with Gasteiger partial charge in [-0.3, -0.25) is 0 Å². The highest BCUT2D eigenvalue weighted by atomic mass is 35.5. The Balaban J connectivity index is 3.99. The molecule has 0 spiro atoms. The van der Waals surface area contributed by atoms with Crippen molar-refractivity contribution in [2.75, 3.05) is 0 Å². The third-order valence-corrected chi connectivity index (χ3v) is 0.854. The molecule has 2 heteroatoms. The van der Waals surface area contributed by atoms with E-state index in [1.54, 1.807) is 0 Å². The Hall–Kier alpha value is -0.560. The second-order valence-corrected chi connectivity index (χ2v) is 1.56. The van der Waals surface area contributed by atoms with Gasteiger partial charge in [0.1, 0.15) is 5.83 Å². The maximum atomic E-state index is 11.8. The third kappa shape index (κ3) is 2.59. The molecular formula is C6H6ClF. The highest BCUT2D eigenvalue weighted by Gasteiger charge is 1.91. The van der Waals surface area contributed by atoms with Crippen molar-refractivity contribution in [1.29, 1.82) is 0 Å². The van der Waals surface area contributed by atoms with E-state index in [9.17, 15) is 4.39 Å². The molecule has 0 N–H and O–H groups in total.